The van der Waals surface area contributed by atoms with Crippen LogP contribution in [0.15, 0.2) is 12.1 Å². The molecule has 0 atom stereocenters. The van der Waals surface area contributed by atoms with Gasteiger partial charge in [0.2, 0.25) is 0 Å². The summed E-state index contributed by atoms with van der Waals surface area (Å²) >= 11 is 5.49. The van der Waals surface area contributed by atoms with Crippen LogP contribution in [-0.4, -0.2) is 4.98 Å². The minimum absolute atomic E-state index is 0.0684. The van der Waals surface area contributed by atoms with Gasteiger partial charge in [-0.2, -0.15) is 5.26 Å². The maximum absolute atomic E-state index is 12.3. The van der Waals surface area contributed by atoms with Crippen molar-refractivity contribution in [1.29, 1.82) is 5.26 Å². The smallest absolute Gasteiger partial charge is 0.251 e. The Morgan fingerprint density at radius 1 is 1.50 bits per heavy atom. The second kappa shape index (κ2) is 4.87. The average Bonchev–Trinajstić information content (AvgIpc) is 2.17. The number of halogens is 3. The molecule has 0 N–H and O–H groups in total. The van der Waals surface area contributed by atoms with Crippen LogP contribution in [0.1, 0.15) is 23.4 Å². The third kappa shape index (κ3) is 2.64. The standard InChI is InChI=1S/C9H7ClF2N2/c10-5-7-3-6(1-2-13)4-8(14-7)9(11)12/h3-4,9H,1,5H2. The lowest BCUT2D eigenvalue weighted by Crippen LogP contribution is -1.97. The van der Waals surface area contributed by atoms with E-state index in [1.54, 1.807) is 6.07 Å². The van der Waals surface area contributed by atoms with Gasteiger partial charge in [0.05, 0.1) is 24.1 Å². The minimum Gasteiger partial charge on any atom is -0.251 e. The average molecular weight is 217 g/mol. The van der Waals surface area contributed by atoms with E-state index in [-0.39, 0.29) is 18.0 Å². The molecule has 0 aliphatic rings. The van der Waals surface area contributed by atoms with Gasteiger partial charge in [-0.25, -0.2) is 8.78 Å². The first kappa shape index (κ1) is 10.9. The van der Waals surface area contributed by atoms with Crippen LogP contribution < -0.4 is 0 Å². The van der Waals surface area contributed by atoms with Gasteiger partial charge in [0.1, 0.15) is 5.69 Å². The lowest BCUT2D eigenvalue weighted by atomic mass is 10.1. The maximum atomic E-state index is 12.3. The van der Waals surface area contributed by atoms with Gasteiger partial charge in [0.15, 0.2) is 0 Å². The van der Waals surface area contributed by atoms with E-state index in [1.807, 2.05) is 6.07 Å². The summed E-state index contributed by atoms with van der Waals surface area (Å²) in [6.45, 7) is 0. The predicted octanol–water partition coefficient (Wildman–Crippen LogP) is 2.82. The van der Waals surface area contributed by atoms with E-state index in [1.165, 1.54) is 6.07 Å². The fraction of sp³-hybridized carbons (Fsp3) is 0.333. The Labute approximate surface area is 85.1 Å². The molecule has 14 heavy (non-hydrogen) atoms. The molecular formula is C9H7ClF2N2. The van der Waals surface area contributed by atoms with Gasteiger partial charge < -0.3 is 0 Å². The summed E-state index contributed by atoms with van der Waals surface area (Å²) in [5, 5.41) is 8.42. The molecule has 1 aromatic rings. The summed E-state index contributed by atoms with van der Waals surface area (Å²) in [6, 6.07) is 4.67. The zero-order valence-corrected chi connectivity index (χ0v) is 7.93. The summed E-state index contributed by atoms with van der Waals surface area (Å²) in [6.07, 6.45) is -2.54. The van der Waals surface area contributed by atoms with Crippen molar-refractivity contribution in [3.05, 3.63) is 29.1 Å². The zero-order chi connectivity index (χ0) is 10.6. The molecule has 0 aliphatic heterocycles. The number of nitrogens with zero attached hydrogens (tertiary/aromatic N) is 2. The van der Waals surface area contributed by atoms with Gasteiger partial charge in [-0.1, -0.05) is 0 Å². The van der Waals surface area contributed by atoms with Gasteiger partial charge in [0.25, 0.3) is 6.43 Å². The van der Waals surface area contributed by atoms with Crippen LogP contribution in [-0.2, 0) is 12.3 Å². The molecule has 0 fully saturated rings. The van der Waals surface area contributed by atoms with E-state index in [0.717, 1.165) is 0 Å². The molecule has 1 heterocycles. The third-order valence-electron chi connectivity index (χ3n) is 1.60. The number of rotatable bonds is 3. The van der Waals surface area contributed by atoms with Crippen LogP contribution >= 0.6 is 11.6 Å². The lowest BCUT2D eigenvalue weighted by molar-refractivity contribution is 0.146. The molecule has 0 aliphatic carbocycles. The number of hydrogen-bond donors (Lipinski definition) is 0. The highest BCUT2D eigenvalue weighted by Gasteiger charge is 2.11. The molecule has 74 valence electrons. The van der Waals surface area contributed by atoms with Gasteiger partial charge in [-0.3, -0.25) is 4.98 Å². The first-order valence-corrected chi connectivity index (χ1v) is 4.41. The van der Waals surface area contributed by atoms with Gasteiger partial charge >= 0.3 is 0 Å². The van der Waals surface area contributed by atoms with E-state index in [9.17, 15) is 8.78 Å². The molecule has 0 unspecified atom stereocenters. The van der Waals surface area contributed by atoms with Crippen molar-refractivity contribution in [3.63, 3.8) is 0 Å². The normalized spacial score (nSPS) is 10.2. The molecule has 5 heteroatoms. The fourth-order valence-corrected chi connectivity index (χ4v) is 1.19. The summed E-state index contributed by atoms with van der Waals surface area (Å²) in [7, 11) is 0. The number of alkyl halides is 3. The van der Waals surface area contributed by atoms with Gasteiger partial charge in [-0.15, -0.1) is 11.6 Å². The molecule has 0 radical (unpaired) electrons. The number of hydrogen-bond acceptors (Lipinski definition) is 2. The summed E-state index contributed by atoms with van der Waals surface area (Å²) in [5.41, 5.74) is 0.566. The Balaban J connectivity index is 3.08. The van der Waals surface area contributed by atoms with E-state index in [0.29, 0.717) is 11.3 Å². The first-order chi connectivity index (χ1) is 6.67. The van der Waals surface area contributed by atoms with Crippen LogP contribution in [0.2, 0.25) is 0 Å². The van der Waals surface area contributed by atoms with Gasteiger partial charge in [-0.05, 0) is 17.7 Å². The summed E-state index contributed by atoms with van der Waals surface area (Å²) in [5.74, 6) is 0.0684. The third-order valence-corrected chi connectivity index (χ3v) is 1.88. The molecule has 1 rings (SSSR count). The molecule has 0 bridgehead atoms. The maximum Gasteiger partial charge on any atom is 0.280 e. The van der Waals surface area contributed by atoms with Gasteiger partial charge in [0, 0.05) is 0 Å². The predicted molar refractivity (Wildman–Crippen MR) is 48.1 cm³/mol. The van der Waals surface area contributed by atoms with Crippen LogP contribution in [0.25, 0.3) is 0 Å². The Bertz CT molecular complexity index is 360. The highest BCUT2D eigenvalue weighted by atomic mass is 35.5. The molecule has 0 saturated heterocycles. The Kier molecular flexibility index (Phi) is 3.78. The summed E-state index contributed by atoms with van der Waals surface area (Å²) < 4.78 is 24.6. The fourth-order valence-electron chi connectivity index (χ4n) is 1.05. The molecule has 1 aromatic heterocycles. The van der Waals surface area contributed by atoms with E-state index < -0.39 is 6.43 Å². The van der Waals surface area contributed by atoms with Crippen molar-refractivity contribution >= 4 is 11.6 Å². The zero-order valence-electron chi connectivity index (χ0n) is 7.17. The molecule has 0 amide bonds. The summed E-state index contributed by atoms with van der Waals surface area (Å²) in [4.78, 5) is 3.64. The number of aromatic nitrogens is 1. The molecular weight excluding hydrogens is 210 g/mol. The highest BCUT2D eigenvalue weighted by molar-refractivity contribution is 6.16. The Morgan fingerprint density at radius 3 is 2.71 bits per heavy atom. The van der Waals surface area contributed by atoms with Crippen LogP contribution in [0.5, 0.6) is 0 Å². The minimum atomic E-state index is -2.63. The lowest BCUT2D eigenvalue weighted by Gasteiger charge is -2.04. The first-order valence-electron chi connectivity index (χ1n) is 3.88. The van der Waals surface area contributed by atoms with Crippen molar-refractivity contribution in [1.82, 2.24) is 4.98 Å². The SMILES string of the molecule is N#CCc1cc(CCl)nc(C(F)F)c1. The number of pyridine rings is 1. The van der Waals surface area contributed by atoms with E-state index in [2.05, 4.69) is 4.98 Å². The molecule has 2 nitrogen and oxygen atoms in total. The van der Waals surface area contributed by atoms with Crippen LogP contribution in [0, 0.1) is 11.3 Å². The second-order valence-corrected chi connectivity index (χ2v) is 2.93. The second-order valence-electron chi connectivity index (χ2n) is 2.66. The van der Waals surface area contributed by atoms with Crippen molar-refractivity contribution in [2.45, 2.75) is 18.7 Å². The van der Waals surface area contributed by atoms with Crippen molar-refractivity contribution in [2.75, 3.05) is 0 Å². The van der Waals surface area contributed by atoms with Crippen molar-refractivity contribution in [2.24, 2.45) is 0 Å². The molecule has 0 aromatic carbocycles. The Morgan fingerprint density at radius 2 is 2.21 bits per heavy atom. The topological polar surface area (TPSA) is 36.7 Å². The molecule has 0 saturated carbocycles. The van der Waals surface area contributed by atoms with Crippen LogP contribution in [0.3, 0.4) is 0 Å². The quantitative estimate of drug-likeness (QED) is 0.729. The highest BCUT2D eigenvalue weighted by Crippen LogP contribution is 2.19. The Hall–Kier alpha value is -1.21. The van der Waals surface area contributed by atoms with E-state index in [4.69, 9.17) is 16.9 Å². The van der Waals surface area contributed by atoms with Crippen LogP contribution in [0.4, 0.5) is 8.78 Å². The largest absolute Gasteiger partial charge is 0.280 e. The van der Waals surface area contributed by atoms with Crippen molar-refractivity contribution < 1.29 is 8.78 Å². The molecule has 0 spiro atoms. The van der Waals surface area contributed by atoms with Crippen molar-refractivity contribution in [3.8, 4) is 6.07 Å². The van der Waals surface area contributed by atoms with E-state index >= 15 is 0 Å². The number of nitriles is 1. The monoisotopic (exact) mass is 216 g/mol.